The second kappa shape index (κ2) is 13.0. The molecule has 2 unspecified atom stereocenters. The largest absolute Gasteiger partial charge is 0.335 e. The number of hydrogen-bond donors (Lipinski definition) is 0. The van der Waals surface area contributed by atoms with Gasteiger partial charge in [-0.25, -0.2) is 0 Å². The molecule has 0 spiro atoms. The first-order chi connectivity index (χ1) is 30.0. The molecular weight excluding hydrogens is 758 g/mol. The molecule has 61 heavy (non-hydrogen) atoms. The summed E-state index contributed by atoms with van der Waals surface area (Å²) in [6.45, 7) is 5.23. The van der Waals surface area contributed by atoms with Gasteiger partial charge in [-0.3, -0.25) is 0 Å². The Bertz CT molecular complexity index is 3230. The van der Waals surface area contributed by atoms with Crippen molar-refractivity contribution in [2.24, 2.45) is 0 Å². The average molecular weight is 802 g/mol. The van der Waals surface area contributed by atoms with Crippen molar-refractivity contribution in [1.29, 1.82) is 0 Å². The Morgan fingerprint density at radius 3 is 2.15 bits per heavy atom. The van der Waals surface area contributed by atoms with Crippen LogP contribution in [0.4, 0.5) is 45.5 Å². The fraction of sp³-hybridized carbons (Fsp3) is 0.143. The number of thiophene rings is 1. The number of fused-ring (bicyclic) bond motifs is 10. The van der Waals surface area contributed by atoms with Gasteiger partial charge in [0.25, 0.3) is 6.71 Å². The van der Waals surface area contributed by atoms with Crippen molar-refractivity contribution >= 4 is 100 Å². The number of rotatable bonds is 5. The third-order valence-corrected chi connectivity index (χ3v) is 16.1. The molecule has 1 fully saturated rings. The van der Waals surface area contributed by atoms with Gasteiger partial charge in [0.2, 0.25) is 0 Å². The molecule has 0 amide bonds. The Hall–Kier alpha value is -6.56. The van der Waals surface area contributed by atoms with Crippen LogP contribution in [0.1, 0.15) is 45.1 Å². The second-order valence-corrected chi connectivity index (χ2v) is 19.0. The lowest BCUT2D eigenvalue weighted by molar-refractivity contribution is 0.195. The van der Waals surface area contributed by atoms with Crippen molar-refractivity contribution < 1.29 is 0 Å². The molecular formula is C56H44BN3S. The SMILES string of the molecule is CC12CCCCC1(C)N1c3cccc4c3B(c3ccc(N(c5ccccc5)c5ccccc5-c5cccc6sc7ccccc7c56)cc3N4c3ccccc3)c3cccc2c31. The first-order valence-corrected chi connectivity index (χ1v) is 22.8. The zero-order valence-electron chi connectivity index (χ0n) is 34.5. The molecule has 0 radical (unpaired) electrons. The van der Waals surface area contributed by atoms with Crippen LogP contribution in [-0.2, 0) is 5.41 Å². The van der Waals surface area contributed by atoms with Crippen LogP contribution in [0.3, 0.4) is 0 Å². The molecule has 5 heteroatoms. The Morgan fingerprint density at radius 2 is 1.26 bits per heavy atom. The highest BCUT2D eigenvalue weighted by molar-refractivity contribution is 7.26. The Labute approximate surface area is 362 Å². The lowest BCUT2D eigenvalue weighted by atomic mass is 9.33. The van der Waals surface area contributed by atoms with E-state index in [1.54, 1.807) is 0 Å². The first kappa shape index (κ1) is 35.2. The van der Waals surface area contributed by atoms with Gasteiger partial charge in [-0.1, -0.05) is 135 Å². The van der Waals surface area contributed by atoms with E-state index in [9.17, 15) is 0 Å². The highest BCUT2D eigenvalue weighted by Gasteiger charge is 2.61. The van der Waals surface area contributed by atoms with Crippen LogP contribution in [0.5, 0.6) is 0 Å². The number of benzene rings is 8. The lowest BCUT2D eigenvalue weighted by Crippen LogP contribution is -2.64. The van der Waals surface area contributed by atoms with Crippen molar-refractivity contribution in [3.8, 4) is 11.1 Å². The van der Waals surface area contributed by atoms with Gasteiger partial charge >= 0.3 is 0 Å². The molecule has 0 saturated heterocycles. The molecule has 3 aliphatic heterocycles. The smallest absolute Gasteiger partial charge is 0.252 e. The summed E-state index contributed by atoms with van der Waals surface area (Å²) < 4.78 is 2.63. The van der Waals surface area contributed by atoms with Crippen molar-refractivity contribution in [3.05, 3.63) is 188 Å². The maximum Gasteiger partial charge on any atom is 0.252 e. The Kier molecular flexibility index (Phi) is 7.49. The number of hydrogen-bond acceptors (Lipinski definition) is 4. The Morgan fingerprint density at radius 1 is 0.557 bits per heavy atom. The number of para-hydroxylation sites is 4. The maximum atomic E-state index is 2.81. The molecule has 1 aliphatic carbocycles. The van der Waals surface area contributed by atoms with Crippen molar-refractivity contribution in [2.75, 3.05) is 14.7 Å². The topological polar surface area (TPSA) is 9.72 Å². The highest BCUT2D eigenvalue weighted by atomic mass is 32.1. The third kappa shape index (κ3) is 4.76. The summed E-state index contributed by atoms with van der Waals surface area (Å²) in [6, 6.07) is 68.3. The molecule has 2 atom stereocenters. The molecule has 13 rings (SSSR count). The molecule has 0 bridgehead atoms. The molecule has 4 aliphatic rings. The maximum absolute atomic E-state index is 2.81. The van der Waals surface area contributed by atoms with Gasteiger partial charge in [-0.2, -0.15) is 0 Å². The van der Waals surface area contributed by atoms with Crippen LogP contribution in [0.15, 0.2) is 182 Å². The van der Waals surface area contributed by atoms with Gasteiger partial charge in [0.1, 0.15) is 0 Å². The number of anilines is 8. The minimum Gasteiger partial charge on any atom is -0.335 e. The zero-order valence-corrected chi connectivity index (χ0v) is 35.3. The molecule has 4 heterocycles. The minimum atomic E-state index is 0.00864. The monoisotopic (exact) mass is 801 g/mol. The first-order valence-electron chi connectivity index (χ1n) is 21.9. The summed E-state index contributed by atoms with van der Waals surface area (Å²) in [5.74, 6) is 0. The molecule has 9 aromatic rings. The van der Waals surface area contributed by atoms with Crippen LogP contribution in [0.2, 0.25) is 0 Å². The van der Waals surface area contributed by atoms with Crippen LogP contribution in [0.25, 0.3) is 31.3 Å². The summed E-state index contributed by atoms with van der Waals surface area (Å²) in [6.07, 6.45) is 4.97. The second-order valence-electron chi connectivity index (χ2n) is 17.9. The van der Waals surface area contributed by atoms with Gasteiger partial charge in [-0.05, 0) is 114 Å². The van der Waals surface area contributed by atoms with Crippen LogP contribution in [-0.4, -0.2) is 12.3 Å². The van der Waals surface area contributed by atoms with Crippen molar-refractivity contribution in [1.82, 2.24) is 0 Å². The Balaban J connectivity index is 1.06. The van der Waals surface area contributed by atoms with Crippen molar-refractivity contribution in [3.63, 3.8) is 0 Å². The molecule has 8 aromatic carbocycles. The average Bonchev–Trinajstić information content (AvgIpc) is 3.79. The minimum absolute atomic E-state index is 0.00864. The molecule has 0 N–H and O–H groups in total. The summed E-state index contributed by atoms with van der Waals surface area (Å²) in [5, 5.41) is 2.63. The predicted octanol–water partition coefficient (Wildman–Crippen LogP) is 13.5. The number of nitrogens with zero attached hydrogens (tertiary/aromatic N) is 3. The summed E-state index contributed by atoms with van der Waals surface area (Å²) >= 11 is 1.88. The van der Waals surface area contributed by atoms with Crippen LogP contribution in [0, 0.1) is 0 Å². The highest BCUT2D eigenvalue weighted by Crippen LogP contribution is 2.61. The van der Waals surface area contributed by atoms with Gasteiger partial charge < -0.3 is 14.7 Å². The van der Waals surface area contributed by atoms with E-state index in [4.69, 9.17) is 0 Å². The quantitative estimate of drug-likeness (QED) is 0.161. The van der Waals surface area contributed by atoms with Gasteiger partial charge in [0.15, 0.2) is 0 Å². The van der Waals surface area contributed by atoms with Gasteiger partial charge in [-0.15, -0.1) is 11.3 Å². The van der Waals surface area contributed by atoms with E-state index in [-0.39, 0.29) is 17.7 Å². The van der Waals surface area contributed by atoms with E-state index in [1.807, 2.05) is 11.3 Å². The molecule has 292 valence electrons. The summed E-state index contributed by atoms with van der Waals surface area (Å²) in [5.41, 5.74) is 18.2. The van der Waals surface area contributed by atoms with E-state index in [0.717, 1.165) is 17.1 Å². The summed E-state index contributed by atoms with van der Waals surface area (Å²) in [7, 11) is 0. The van der Waals surface area contributed by atoms with E-state index < -0.39 is 0 Å². The molecule has 3 nitrogen and oxygen atoms in total. The van der Waals surface area contributed by atoms with Gasteiger partial charge in [0, 0.05) is 71.0 Å². The van der Waals surface area contributed by atoms with Crippen LogP contribution >= 0.6 is 11.3 Å². The van der Waals surface area contributed by atoms with Gasteiger partial charge in [0.05, 0.1) is 11.2 Å². The fourth-order valence-corrected chi connectivity index (χ4v) is 13.2. The third-order valence-electron chi connectivity index (χ3n) is 15.0. The normalized spacial score (nSPS) is 19.4. The summed E-state index contributed by atoms with van der Waals surface area (Å²) in [4.78, 5) is 7.84. The van der Waals surface area contributed by atoms with Crippen LogP contribution < -0.4 is 31.1 Å². The van der Waals surface area contributed by atoms with E-state index in [2.05, 4.69) is 211 Å². The molecule has 1 aromatic heterocycles. The molecule has 1 saturated carbocycles. The zero-order chi connectivity index (χ0) is 40.5. The van der Waals surface area contributed by atoms with E-state index in [1.165, 1.54) is 107 Å². The predicted molar refractivity (Wildman–Crippen MR) is 262 cm³/mol. The van der Waals surface area contributed by atoms with E-state index in [0.29, 0.717) is 0 Å². The lowest BCUT2D eigenvalue weighted by Gasteiger charge is -2.52. The van der Waals surface area contributed by atoms with Crippen molar-refractivity contribution in [2.45, 2.75) is 50.5 Å². The fourth-order valence-electron chi connectivity index (χ4n) is 12.1. The standard InChI is InChI=1S/C56H44BN3S/c1-55-34-13-14-35-56(55,2)60-48-29-17-28-47-53(48)57(45-26-16-25-43(55)54(45)60)44-33-32-39(36-49(44)59(47)38-20-7-4-8-21-38)58(37-18-5-3-6-19-37)46-27-11-9-22-40(46)41-24-15-31-51-52(41)42-23-10-12-30-50(42)61-51/h3-12,15-33,36H,13-14,34-35H2,1-2H3. The van der Waals surface area contributed by atoms with E-state index >= 15 is 0 Å².